The maximum Gasteiger partial charge on any atom is 0.325 e. The van der Waals surface area contributed by atoms with E-state index in [9.17, 15) is 4.79 Å². The number of aryl methyl sites for hydroxylation is 1. The molecule has 3 aromatic rings. The highest BCUT2D eigenvalue weighted by Gasteiger charge is 2.08. The standard InChI is InChI=1S/C15H12BrN3OS/c1-9-2-5-11(6-3-9)17-14(20)19-15-18-12-7-4-10(16)8-13(12)21-15/h2-8H,1H3,(H2,17,18,19,20). The Morgan fingerprint density at radius 3 is 2.67 bits per heavy atom. The largest absolute Gasteiger partial charge is 0.325 e. The number of hydrogen-bond donors (Lipinski definition) is 2. The number of nitrogens with one attached hydrogen (secondary N) is 2. The van der Waals surface area contributed by atoms with E-state index in [0.29, 0.717) is 5.13 Å². The van der Waals surface area contributed by atoms with E-state index in [-0.39, 0.29) is 6.03 Å². The van der Waals surface area contributed by atoms with Crippen molar-refractivity contribution >= 4 is 54.3 Å². The second-order valence-electron chi connectivity index (χ2n) is 4.58. The van der Waals surface area contributed by atoms with Crippen molar-refractivity contribution in [3.8, 4) is 0 Å². The molecule has 4 nitrogen and oxygen atoms in total. The Morgan fingerprint density at radius 2 is 1.90 bits per heavy atom. The Kier molecular flexibility index (Phi) is 3.90. The fraction of sp³-hybridized carbons (Fsp3) is 0.0667. The van der Waals surface area contributed by atoms with Crippen molar-refractivity contribution in [2.45, 2.75) is 6.92 Å². The number of rotatable bonds is 2. The van der Waals surface area contributed by atoms with Crippen molar-refractivity contribution in [2.24, 2.45) is 0 Å². The quantitative estimate of drug-likeness (QED) is 0.673. The molecule has 3 rings (SSSR count). The van der Waals surface area contributed by atoms with Crippen LogP contribution < -0.4 is 10.6 Å². The van der Waals surface area contributed by atoms with Gasteiger partial charge in [0.1, 0.15) is 0 Å². The van der Waals surface area contributed by atoms with Crippen molar-refractivity contribution in [2.75, 3.05) is 10.6 Å². The van der Waals surface area contributed by atoms with Gasteiger partial charge in [0.15, 0.2) is 5.13 Å². The summed E-state index contributed by atoms with van der Waals surface area (Å²) in [5.74, 6) is 0. The number of thiazole rings is 1. The molecule has 0 saturated carbocycles. The fourth-order valence-corrected chi connectivity index (χ4v) is 3.26. The first-order chi connectivity index (χ1) is 10.1. The van der Waals surface area contributed by atoms with Crippen LogP contribution in [0.3, 0.4) is 0 Å². The van der Waals surface area contributed by atoms with Crippen LogP contribution >= 0.6 is 27.3 Å². The molecule has 1 aromatic heterocycles. The van der Waals surface area contributed by atoms with Gasteiger partial charge in [-0.25, -0.2) is 9.78 Å². The molecule has 1 heterocycles. The third-order valence-electron chi connectivity index (χ3n) is 2.88. The number of halogens is 1. The van der Waals surface area contributed by atoms with Crippen molar-refractivity contribution < 1.29 is 4.79 Å². The molecule has 6 heteroatoms. The first-order valence-corrected chi connectivity index (χ1v) is 7.92. The maximum atomic E-state index is 11.9. The second-order valence-corrected chi connectivity index (χ2v) is 6.52. The van der Waals surface area contributed by atoms with Crippen LogP contribution in [0, 0.1) is 6.92 Å². The molecular weight excluding hydrogens is 350 g/mol. The second kappa shape index (κ2) is 5.83. The van der Waals surface area contributed by atoms with Gasteiger partial charge in [0.05, 0.1) is 10.2 Å². The number of hydrogen-bond acceptors (Lipinski definition) is 3. The van der Waals surface area contributed by atoms with E-state index in [0.717, 1.165) is 25.9 Å². The van der Waals surface area contributed by atoms with Gasteiger partial charge >= 0.3 is 6.03 Å². The van der Waals surface area contributed by atoms with Crippen LogP contribution in [-0.4, -0.2) is 11.0 Å². The van der Waals surface area contributed by atoms with Gasteiger partial charge in [-0.2, -0.15) is 0 Å². The normalized spacial score (nSPS) is 10.6. The first-order valence-electron chi connectivity index (χ1n) is 6.31. The van der Waals surface area contributed by atoms with Crippen LogP contribution in [0.4, 0.5) is 15.6 Å². The van der Waals surface area contributed by atoms with Crippen LogP contribution in [0.1, 0.15) is 5.56 Å². The molecule has 2 amide bonds. The van der Waals surface area contributed by atoms with Gasteiger partial charge in [0, 0.05) is 10.2 Å². The molecule has 0 bridgehead atoms. The smallest absolute Gasteiger partial charge is 0.308 e. The number of carbonyl (C=O) groups is 1. The highest BCUT2D eigenvalue weighted by molar-refractivity contribution is 9.10. The van der Waals surface area contributed by atoms with Crippen molar-refractivity contribution in [1.29, 1.82) is 0 Å². The summed E-state index contributed by atoms with van der Waals surface area (Å²) in [6, 6.07) is 13.2. The zero-order valence-corrected chi connectivity index (χ0v) is 13.6. The number of benzene rings is 2. The molecule has 2 aromatic carbocycles. The first kappa shape index (κ1) is 14.0. The van der Waals surface area contributed by atoms with Gasteiger partial charge in [-0.05, 0) is 37.3 Å². The summed E-state index contributed by atoms with van der Waals surface area (Å²) in [5, 5.41) is 6.11. The van der Waals surface area contributed by atoms with E-state index < -0.39 is 0 Å². The summed E-state index contributed by atoms with van der Waals surface area (Å²) in [6.07, 6.45) is 0. The van der Waals surface area contributed by atoms with Crippen LogP contribution in [-0.2, 0) is 0 Å². The summed E-state index contributed by atoms with van der Waals surface area (Å²) in [6.45, 7) is 2.00. The zero-order valence-electron chi connectivity index (χ0n) is 11.2. The minimum atomic E-state index is -0.294. The van der Waals surface area contributed by atoms with Gasteiger partial charge in [-0.3, -0.25) is 5.32 Å². The predicted molar refractivity (Wildman–Crippen MR) is 91.1 cm³/mol. The number of aromatic nitrogens is 1. The lowest BCUT2D eigenvalue weighted by atomic mass is 10.2. The van der Waals surface area contributed by atoms with E-state index in [4.69, 9.17) is 0 Å². The third-order valence-corrected chi connectivity index (χ3v) is 4.31. The molecule has 106 valence electrons. The molecule has 0 unspecified atom stereocenters. The van der Waals surface area contributed by atoms with E-state index in [1.54, 1.807) is 0 Å². The monoisotopic (exact) mass is 361 g/mol. The Balaban J connectivity index is 1.72. The number of carbonyl (C=O) groups excluding carboxylic acids is 1. The summed E-state index contributed by atoms with van der Waals surface area (Å²) >= 11 is 4.86. The fourth-order valence-electron chi connectivity index (χ4n) is 1.85. The minimum Gasteiger partial charge on any atom is -0.308 e. The lowest BCUT2D eigenvalue weighted by Crippen LogP contribution is -2.19. The topological polar surface area (TPSA) is 54.0 Å². The summed E-state index contributed by atoms with van der Waals surface area (Å²) in [5.41, 5.74) is 2.77. The van der Waals surface area contributed by atoms with E-state index in [1.165, 1.54) is 11.3 Å². The maximum absolute atomic E-state index is 11.9. The molecule has 21 heavy (non-hydrogen) atoms. The van der Waals surface area contributed by atoms with Crippen molar-refractivity contribution in [1.82, 2.24) is 4.98 Å². The van der Waals surface area contributed by atoms with E-state index in [2.05, 4.69) is 31.5 Å². The number of fused-ring (bicyclic) bond motifs is 1. The Morgan fingerprint density at radius 1 is 1.14 bits per heavy atom. The Bertz CT molecular complexity index is 798. The average molecular weight is 362 g/mol. The molecule has 0 aliphatic heterocycles. The molecule has 0 atom stereocenters. The summed E-state index contributed by atoms with van der Waals surface area (Å²) in [4.78, 5) is 16.3. The predicted octanol–water partition coefficient (Wildman–Crippen LogP) is 5.01. The summed E-state index contributed by atoms with van der Waals surface area (Å²) in [7, 11) is 0. The molecule has 2 N–H and O–H groups in total. The Labute approximate surface area is 134 Å². The third kappa shape index (κ3) is 3.40. The van der Waals surface area contributed by atoms with Gasteiger partial charge in [0.2, 0.25) is 0 Å². The molecule has 0 spiro atoms. The molecule has 0 radical (unpaired) electrons. The van der Waals surface area contributed by atoms with Gasteiger partial charge < -0.3 is 5.32 Å². The van der Waals surface area contributed by atoms with Crippen molar-refractivity contribution in [3.05, 3.63) is 52.5 Å². The van der Waals surface area contributed by atoms with Gasteiger partial charge in [0.25, 0.3) is 0 Å². The molecule has 0 aliphatic carbocycles. The van der Waals surface area contributed by atoms with E-state index in [1.807, 2.05) is 49.4 Å². The molecular formula is C15H12BrN3OS. The highest BCUT2D eigenvalue weighted by Crippen LogP contribution is 2.28. The molecule has 0 fully saturated rings. The van der Waals surface area contributed by atoms with Gasteiger partial charge in [-0.1, -0.05) is 45.0 Å². The minimum absolute atomic E-state index is 0.294. The zero-order chi connectivity index (χ0) is 14.8. The SMILES string of the molecule is Cc1ccc(NC(=O)Nc2nc3ccc(Br)cc3s2)cc1. The number of urea groups is 1. The lowest BCUT2D eigenvalue weighted by molar-refractivity contribution is 0.262. The highest BCUT2D eigenvalue weighted by atomic mass is 79.9. The van der Waals surface area contributed by atoms with Crippen LogP contribution in [0.25, 0.3) is 10.2 Å². The number of nitrogens with zero attached hydrogens (tertiary/aromatic N) is 1. The average Bonchev–Trinajstić information content (AvgIpc) is 2.82. The van der Waals surface area contributed by atoms with Crippen molar-refractivity contribution in [3.63, 3.8) is 0 Å². The molecule has 0 aliphatic rings. The molecule has 0 saturated heterocycles. The van der Waals surface area contributed by atoms with E-state index >= 15 is 0 Å². The summed E-state index contributed by atoms with van der Waals surface area (Å²) < 4.78 is 2.02. The van der Waals surface area contributed by atoms with Crippen LogP contribution in [0.15, 0.2) is 46.9 Å². The number of amides is 2. The lowest BCUT2D eigenvalue weighted by Gasteiger charge is -2.05. The number of anilines is 2. The van der Waals surface area contributed by atoms with Crippen LogP contribution in [0.5, 0.6) is 0 Å². The Hall–Kier alpha value is -1.92. The van der Waals surface area contributed by atoms with Gasteiger partial charge in [-0.15, -0.1) is 0 Å². The van der Waals surface area contributed by atoms with Crippen LogP contribution in [0.2, 0.25) is 0 Å².